The number of nitrogens with one attached hydrogen (secondary N) is 1. The Bertz CT molecular complexity index is 454. The minimum Gasteiger partial charge on any atom is -0.308 e. The molecule has 0 bridgehead atoms. The van der Waals surface area contributed by atoms with E-state index in [-0.39, 0.29) is 0 Å². The average Bonchev–Trinajstić information content (AvgIpc) is 2.96. The monoisotopic (exact) mass is 263 g/mol. The van der Waals surface area contributed by atoms with Gasteiger partial charge in [-0.2, -0.15) is 5.10 Å². The van der Waals surface area contributed by atoms with Crippen LogP contribution in [0.5, 0.6) is 0 Å². The molecule has 0 radical (unpaired) electrons. The van der Waals surface area contributed by atoms with Crippen molar-refractivity contribution in [2.45, 2.75) is 32.7 Å². The molecular formula is C14H21N3S. The summed E-state index contributed by atoms with van der Waals surface area (Å²) in [6.07, 6.45) is 2.17. The predicted molar refractivity (Wildman–Crippen MR) is 77.0 cm³/mol. The molecule has 0 spiro atoms. The van der Waals surface area contributed by atoms with E-state index in [0.717, 1.165) is 25.1 Å². The molecular weight excluding hydrogens is 242 g/mol. The topological polar surface area (TPSA) is 29.9 Å². The number of thiophene rings is 1. The van der Waals surface area contributed by atoms with Gasteiger partial charge in [-0.15, -0.1) is 11.3 Å². The summed E-state index contributed by atoms with van der Waals surface area (Å²) in [6.45, 7) is 5.32. The van der Waals surface area contributed by atoms with E-state index < -0.39 is 0 Å². The Hall–Kier alpha value is -1.13. The van der Waals surface area contributed by atoms with Crippen LogP contribution < -0.4 is 5.32 Å². The van der Waals surface area contributed by atoms with Gasteiger partial charge in [-0.3, -0.25) is 4.68 Å². The summed E-state index contributed by atoms with van der Waals surface area (Å²) in [4.78, 5) is 1.41. The number of hydrogen-bond acceptors (Lipinski definition) is 3. The smallest absolute Gasteiger partial charge is 0.0800 e. The van der Waals surface area contributed by atoms with Gasteiger partial charge in [0.1, 0.15) is 0 Å². The van der Waals surface area contributed by atoms with Crippen LogP contribution in [0.3, 0.4) is 0 Å². The van der Waals surface area contributed by atoms with E-state index in [1.807, 2.05) is 23.1 Å². The van der Waals surface area contributed by atoms with E-state index in [0.29, 0.717) is 6.04 Å². The second-order valence-corrected chi connectivity index (χ2v) is 5.66. The Morgan fingerprint density at radius 3 is 2.89 bits per heavy atom. The molecule has 4 heteroatoms. The molecule has 1 N–H and O–H groups in total. The second kappa shape index (κ2) is 6.16. The molecule has 0 aliphatic heterocycles. The molecule has 0 saturated carbocycles. The lowest BCUT2D eigenvalue weighted by atomic mass is 10.1. The van der Waals surface area contributed by atoms with E-state index in [9.17, 15) is 0 Å². The number of nitrogens with zero attached hydrogens (tertiary/aromatic N) is 2. The molecule has 2 rings (SSSR count). The van der Waals surface area contributed by atoms with Crippen molar-refractivity contribution >= 4 is 11.3 Å². The van der Waals surface area contributed by atoms with Gasteiger partial charge < -0.3 is 5.32 Å². The van der Waals surface area contributed by atoms with Gasteiger partial charge in [0.15, 0.2) is 0 Å². The molecule has 1 unspecified atom stereocenters. The summed E-state index contributed by atoms with van der Waals surface area (Å²) in [6, 6.07) is 6.81. The van der Waals surface area contributed by atoms with E-state index in [1.165, 1.54) is 10.6 Å². The zero-order valence-electron chi connectivity index (χ0n) is 11.3. The minimum atomic E-state index is 0.323. The standard InChI is InChI=1S/C14H21N3S/c1-4-7-15-13(10-12-6-5-8-18-12)14-9-11(2)17(3)16-14/h5-6,8-9,13,15H,4,7,10H2,1-3H3. The number of rotatable bonds is 6. The molecule has 3 nitrogen and oxygen atoms in total. The highest BCUT2D eigenvalue weighted by molar-refractivity contribution is 7.09. The minimum absolute atomic E-state index is 0.323. The zero-order valence-corrected chi connectivity index (χ0v) is 12.1. The molecule has 0 amide bonds. The lowest BCUT2D eigenvalue weighted by Gasteiger charge is -2.15. The molecule has 18 heavy (non-hydrogen) atoms. The molecule has 2 aromatic rings. The third-order valence-electron chi connectivity index (χ3n) is 3.12. The van der Waals surface area contributed by atoms with Crippen LogP contribution in [-0.2, 0) is 13.5 Å². The maximum atomic E-state index is 4.60. The fourth-order valence-electron chi connectivity index (χ4n) is 1.99. The number of aryl methyl sites for hydroxylation is 2. The fraction of sp³-hybridized carbons (Fsp3) is 0.500. The first-order chi connectivity index (χ1) is 8.70. The van der Waals surface area contributed by atoms with Crippen LogP contribution in [0.25, 0.3) is 0 Å². The molecule has 2 aromatic heterocycles. The van der Waals surface area contributed by atoms with Crippen molar-refractivity contribution < 1.29 is 0 Å². The number of aromatic nitrogens is 2. The lowest BCUT2D eigenvalue weighted by molar-refractivity contribution is 0.513. The third-order valence-corrected chi connectivity index (χ3v) is 4.01. The first-order valence-corrected chi connectivity index (χ1v) is 7.35. The van der Waals surface area contributed by atoms with Crippen LogP contribution in [0.2, 0.25) is 0 Å². The van der Waals surface area contributed by atoms with Crippen molar-refractivity contribution in [3.63, 3.8) is 0 Å². The van der Waals surface area contributed by atoms with E-state index in [4.69, 9.17) is 0 Å². The maximum absolute atomic E-state index is 4.60. The van der Waals surface area contributed by atoms with Crippen LogP contribution in [0.15, 0.2) is 23.6 Å². The summed E-state index contributed by atoms with van der Waals surface area (Å²) in [5.41, 5.74) is 2.36. The highest BCUT2D eigenvalue weighted by Gasteiger charge is 2.15. The Morgan fingerprint density at radius 2 is 2.33 bits per heavy atom. The summed E-state index contributed by atoms with van der Waals surface area (Å²) < 4.78 is 1.95. The molecule has 0 fully saturated rings. The van der Waals surface area contributed by atoms with Crippen LogP contribution in [0, 0.1) is 6.92 Å². The van der Waals surface area contributed by atoms with Crippen molar-refractivity contribution in [2.24, 2.45) is 7.05 Å². The summed E-state index contributed by atoms with van der Waals surface area (Å²) in [7, 11) is 2.00. The normalized spacial score (nSPS) is 12.8. The van der Waals surface area contributed by atoms with Crippen LogP contribution in [0.1, 0.15) is 35.7 Å². The Kier molecular flexibility index (Phi) is 4.55. The van der Waals surface area contributed by atoms with Crippen molar-refractivity contribution in [3.8, 4) is 0 Å². The molecule has 0 aromatic carbocycles. The van der Waals surface area contributed by atoms with E-state index >= 15 is 0 Å². The van der Waals surface area contributed by atoms with Gasteiger partial charge in [0.25, 0.3) is 0 Å². The Morgan fingerprint density at radius 1 is 1.50 bits per heavy atom. The molecule has 0 aliphatic rings. The van der Waals surface area contributed by atoms with Gasteiger partial charge in [-0.1, -0.05) is 13.0 Å². The lowest BCUT2D eigenvalue weighted by Crippen LogP contribution is -2.24. The quantitative estimate of drug-likeness (QED) is 0.868. The second-order valence-electron chi connectivity index (χ2n) is 4.62. The summed E-state index contributed by atoms with van der Waals surface area (Å²) in [5, 5.41) is 10.3. The Labute approximate surface area is 113 Å². The van der Waals surface area contributed by atoms with E-state index in [1.54, 1.807) is 0 Å². The summed E-state index contributed by atoms with van der Waals surface area (Å²) >= 11 is 1.82. The van der Waals surface area contributed by atoms with Gasteiger partial charge in [0.2, 0.25) is 0 Å². The van der Waals surface area contributed by atoms with Gasteiger partial charge in [-0.05, 0) is 37.4 Å². The first-order valence-electron chi connectivity index (χ1n) is 6.47. The van der Waals surface area contributed by atoms with Crippen molar-refractivity contribution in [1.82, 2.24) is 15.1 Å². The van der Waals surface area contributed by atoms with Gasteiger partial charge >= 0.3 is 0 Å². The van der Waals surface area contributed by atoms with Crippen LogP contribution >= 0.6 is 11.3 Å². The zero-order chi connectivity index (χ0) is 13.0. The molecule has 0 aliphatic carbocycles. The fourth-order valence-corrected chi connectivity index (χ4v) is 2.74. The van der Waals surface area contributed by atoms with Crippen LogP contribution in [-0.4, -0.2) is 16.3 Å². The SMILES string of the molecule is CCCNC(Cc1cccs1)c1cc(C)n(C)n1. The summed E-state index contributed by atoms with van der Waals surface area (Å²) in [5.74, 6) is 0. The van der Waals surface area contributed by atoms with Crippen LogP contribution in [0.4, 0.5) is 0 Å². The first kappa shape index (κ1) is 13.3. The highest BCUT2D eigenvalue weighted by atomic mass is 32.1. The van der Waals surface area contributed by atoms with Crippen molar-refractivity contribution in [3.05, 3.63) is 39.8 Å². The molecule has 2 heterocycles. The average molecular weight is 263 g/mol. The predicted octanol–water partition coefficient (Wildman–Crippen LogP) is 3.07. The van der Waals surface area contributed by atoms with Crippen molar-refractivity contribution in [1.29, 1.82) is 0 Å². The maximum Gasteiger partial charge on any atom is 0.0800 e. The van der Waals surface area contributed by atoms with Gasteiger partial charge in [0, 0.05) is 24.0 Å². The number of hydrogen-bond donors (Lipinski definition) is 1. The highest BCUT2D eigenvalue weighted by Crippen LogP contribution is 2.21. The van der Waals surface area contributed by atoms with Gasteiger partial charge in [0.05, 0.1) is 11.7 Å². The molecule has 98 valence electrons. The third kappa shape index (κ3) is 3.21. The Balaban J connectivity index is 2.13. The molecule has 0 saturated heterocycles. The van der Waals surface area contributed by atoms with Gasteiger partial charge in [-0.25, -0.2) is 0 Å². The van der Waals surface area contributed by atoms with E-state index in [2.05, 4.69) is 47.8 Å². The molecule has 1 atom stereocenters. The van der Waals surface area contributed by atoms with Crippen molar-refractivity contribution in [2.75, 3.05) is 6.54 Å². The largest absolute Gasteiger partial charge is 0.308 e.